The molecule has 4 heteroatoms. The number of hydrogen-bond acceptors (Lipinski definition) is 4. The summed E-state index contributed by atoms with van der Waals surface area (Å²) < 4.78 is 9.72. The molecule has 0 aliphatic carbocycles. The van der Waals surface area contributed by atoms with Gasteiger partial charge in [-0.25, -0.2) is 0 Å². The number of ether oxygens (including phenoxy) is 2. The molecule has 0 aliphatic heterocycles. The average Bonchev–Trinajstić information content (AvgIpc) is 2.51. The van der Waals surface area contributed by atoms with Gasteiger partial charge in [0.15, 0.2) is 0 Å². The van der Waals surface area contributed by atoms with Gasteiger partial charge in [-0.3, -0.25) is 4.79 Å². The van der Waals surface area contributed by atoms with Gasteiger partial charge in [0.2, 0.25) is 5.78 Å². The molecule has 0 N–H and O–H groups in total. The van der Waals surface area contributed by atoms with Crippen molar-refractivity contribution in [3.8, 4) is 5.75 Å². The highest BCUT2D eigenvalue weighted by Gasteiger charge is 2.12. The molecule has 1 rings (SSSR count). The topological polar surface area (TPSA) is 35.5 Å². The maximum absolute atomic E-state index is 11.3. The van der Waals surface area contributed by atoms with Crippen molar-refractivity contribution in [3.05, 3.63) is 16.3 Å². The molecule has 0 unspecified atom stereocenters. The molecule has 0 aromatic carbocycles. The van der Waals surface area contributed by atoms with Crippen molar-refractivity contribution in [1.29, 1.82) is 0 Å². The number of Topliss-reactive ketones (excluding diaryl/α,β-unsaturated/α-hetero) is 1. The lowest BCUT2D eigenvalue weighted by atomic mass is 10.3. The minimum absolute atomic E-state index is 0.0376. The summed E-state index contributed by atoms with van der Waals surface area (Å²) >= 11 is 1.37. The highest BCUT2D eigenvalue weighted by Crippen LogP contribution is 2.24. The Hall–Kier alpha value is -0.870. The van der Waals surface area contributed by atoms with E-state index in [4.69, 9.17) is 9.47 Å². The first kappa shape index (κ1) is 9.22. The van der Waals surface area contributed by atoms with Crippen molar-refractivity contribution < 1.29 is 14.3 Å². The van der Waals surface area contributed by atoms with Crippen molar-refractivity contribution in [3.63, 3.8) is 0 Å². The zero-order valence-electron chi connectivity index (χ0n) is 6.99. The molecule has 1 heterocycles. The molecule has 0 spiro atoms. The first-order chi connectivity index (χ1) is 5.79. The summed E-state index contributed by atoms with van der Waals surface area (Å²) in [6.07, 6.45) is 0. The van der Waals surface area contributed by atoms with E-state index < -0.39 is 0 Å². The van der Waals surface area contributed by atoms with Crippen molar-refractivity contribution in [1.82, 2.24) is 0 Å². The summed E-state index contributed by atoms with van der Waals surface area (Å²) in [6, 6.07) is 1.77. The molecule has 3 nitrogen and oxygen atoms in total. The van der Waals surface area contributed by atoms with Crippen LogP contribution in [0.3, 0.4) is 0 Å². The number of carbonyl (C=O) groups excluding carboxylic acids is 1. The quantitative estimate of drug-likeness (QED) is 0.670. The third-order valence-corrected chi connectivity index (χ3v) is 2.31. The van der Waals surface area contributed by atoms with Gasteiger partial charge in [-0.05, 0) is 11.4 Å². The number of thiophene rings is 1. The van der Waals surface area contributed by atoms with Crippen LogP contribution < -0.4 is 4.74 Å². The van der Waals surface area contributed by atoms with Gasteiger partial charge in [-0.1, -0.05) is 0 Å². The SMILES string of the molecule is COCC(=O)c1sccc1OC. The van der Waals surface area contributed by atoms with E-state index in [9.17, 15) is 4.79 Å². The maximum atomic E-state index is 11.3. The Morgan fingerprint density at radius 2 is 2.33 bits per heavy atom. The summed E-state index contributed by atoms with van der Waals surface area (Å²) in [7, 11) is 3.05. The molecule has 0 radical (unpaired) electrons. The van der Waals surface area contributed by atoms with Gasteiger partial charge < -0.3 is 9.47 Å². The Kier molecular flexibility index (Phi) is 3.25. The number of methoxy groups -OCH3 is 2. The van der Waals surface area contributed by atoms with Crippen molar-refractivity contribution in [2.24, 2.45) is 0 Å². The first-order valence-corrected chi connectivity index (χ1v) is 4.31. The van der Waals surface area contributed by atoms with E-state index in [-0.39, 0.29) is 12.4 Å². The summed E-state index contributed by atoms with van der Waals surface area (Å²) in [5, 5.41) is 1.82. The summed E-state index contributed by atoms with van der Waals surface area (Å²) in [5.74, 6) is 0.589. The van der Waals surface area contributed by atoms with Crippen molar-refractivity contribution >= 4 is 17.1 Å². The van der Waals surface area contributed by atoms with E-state index in [2.05, 4.69) is 0 Å². The van der Waals surface area contributed by atoms with Crippen LogP contribution in [0.4, 0.5) is 0 Å². The minimum atomic E-state index is -0.0376. The van der Waals surface area contributed by atoms with Crippen LogP contribution in [-0.4, -0.2) is 26.6 Å². The second-order valence-electron chi connectivity index (χ2n) is 2.17. The van der Waals surface area contributed by atoms with Gasteiger partial charge in [0.25, 0.3) is 0 Å². The Bertz CT molecular complexity index is 267. The van der Waals surface area contributed by atoms with Crippen LogP contribution in [0.25, 0.3) is 0 Å². The van der Waals surface area contributed by atoms with Crippen LogP contribution in [0.1, 0.15) is 9.67 Å². The van der Waals surface area contributed by atoms with E-state index in [1.54, 1.807) is 13.2 Å². The van der Waals surface area contributed by atoms with Crippen LogP contribution in [0.15, 0.2) is 11.4 Å². The Morgan fingerprint density at radius 3 is 2.92 bits per heavy atom. The smallest absolute Gasteiger partial charge is 0.202 e. The van der Waals surface area contributed by atoms with E-state index in [0.717, 1.165) is 0 Å². The van der Waals surface area contributed by atoms with Gasteiger partial charge in [0, 0.05) is 7.11 Å². The average molecular weight is 186 g/mol. The second kappa shape index (κ2) is 4.23. The predicted molar refractivity (Wildman–Crippen MR) is 47.1 cm³/mol. The Labute approximate surface area is 74.9 Å². The fourth-order valence-corrected chi connectivity index (χ4v) is 1.64. The van der Waals surface area contributed by atoms with Gasteiger partial charge >= 0.3 is 0 Å². The summed E-state index contributed by atoms with van der Waals surface area (Å²) in [4.78, 5) is 11.9. The molecule has 66 valence electrons. The number of ketones is 1. The molecule has 0 fully saturated rings. The third-order valence-electron chi connectivity index (χ3n) is 1.38. The number of hydrogen-bond donors (Lipinski definition) is 0. The molecule has 0 atom stereocenters. The third kappa shape index (κ3) is 1.84. The summed E-state index contributed by atoms with van der Waals surface area (Å²) in [6.45, 7) is 0.108. The number of carbonyl (C=O) groups is 1. The molecule has 0 saturated heterocycles. The van der Waals surface area contributed by atoms with Crippen molar-refractivity contribution in [2.75, 3.05) is 20.8 Å². The molecule has 0 aliphatic rings. The van der Waals surface area contributed by atoms with Crippen LogP contribution in [-0.2, 0) is 4.74 Å². The van der Waals surface area contributed by atoms with Crippen molar-refractivity contribution in [2.45, 2.75) is 0 Å². The van der Waals surface area contributed by atoms with Crippen LogP contribution in [0.5, 0.6) is 5.75 Å². The Balaban J connectivity index is 2.79. The zero-order valence-corrected chi connectivity index (χ0v) is 7.81. The summed E-state index contributed by atoms with van der Waals surface area (Å²) in [5.41, 5.74) is 0. The van der Waals surface area contributed by atoms with Crippen LogP contribution >= 0.6 is 11.3 Å². The van der Waals surface area contributed by atoms with E-state index >= 15 is 0 Å². The number of rotatable bonds is 4. The van der Waals surface area contributed by atoms with Gasteiger partial charge in [-0.2, -0.15) is 0 Å². The molecule has 0 saturated carbocycles. The lowest BCUT2D eigenvalue weighted by Crippen LogP contribution is -2.05. The van der Waals surface area contributed by atoms with E-state index in [1.807, 2.05) is 5.38 Å². The molecule has 12 heavy (non-hydrogen) atoms. The highest BCUT2D eigenvalue weighted by atomic mass is 32.1. The predicted octanol–water partition coefficient (Wildman–Crippen LogP) is 1.59. The Morgan fingerprint density at radius 1 is 1.58 bits per heavy atom. The maximum Gasteiger partial charge on any atom is 0.202 e. The lowest BCUT2D eigenvalue weighted by Gasteiger charge is -1.99. The van der Waals surface area contributed by atoms with Crippen LogP contribution in [0.2, 0.25) is 0 Å². The largest absolute Gasteiger partial charge is 0.495 e. The molecular weight excluding hydrogens is 176 g/mol. The normalized spacial score (nSPS) is 9.83. The van der Waals surface area contributed by atoms with E-state index in [1.165, 1.54) is 18.4 Å². The van der Waals surface area contributed by atoms with Gasteiger partial charge in [-0.15, -0.1) is 11.3 Å². The minimum Gasteiger partial charge on any atom is -0.495 e. The monoisotopic (exact) mass is 186 g/mol. The molecule has 0 amide bonds. The highest BCUT2D eigenvalue weighted by molar-refractivity contribution is 7.12. The first-order valence-electron chi connectivity index (χ1n) is 3.43. The fraction of sp³-hybridized carbons (Fsp3) is 0.375. The molecule has 0 bridgehead atoms. The van der Waals surface area contributed by atoms with Crippen LogP contribution in [0, 0.1) is 0 Å². The second-order valence-corrected chi connectivity index (χ2v) is 3.09. The zero-order chi connectivity index (χ0) is 8.97. The van der Waals surface area contributed by atoms with Gasteiger partial charge in [0.05, 0.1) is 7.11 Å². The molecule has 1 aromatic heterocycles. The van der Waals surface area contributed by atoms with Gasteiger partial charge in [0.1, 0.15) is 17.2 Å². The molecular formula is C8H10O3S. The fourth-order valence-electron chi connectivity index (χ4n) is 0.858. The standard InChI is InChI=1S/C8H10O3S/c1-10-5-6(9)8-7(11-2)3-4-12-8/h3-4H,5H2,1-2H3. The van der Waals surface area contributed by atoms with E-state index in [0.29, 0.717) is 10.6 Å². The molecule has 1 aromatic rings. The lowest BCUT2D eigenvalue weighted by molar-refractivity contribution is 0.0849.